The number of unbranched alkanes of at least 4 members (excludes halogenated alkanes) is 1. The molecule has 0 saturated heterocycles. The molecular weight excluding hydrogens is 208 g/mol. The van der Waals surface area contributed by atoms with E-state index in [1.807, 2.05) is 0 Å². The van der Waals surface area contributed by atoms with Crippen molar-refractivity contribution in [2.75, 3.05) is 23.8 Å². The molecule has 1 aliphatic heterocycles. The van der Waals surface area contributed by atoms with Crippen LogP contribution in [-0.2, 0) is 6.42 Å². The smallest absolute Gasteiger partial charge is 0.0376 e. The summed E-state index contributed by atoms with van der Waals surface area (Å²) in [6, 6.07) is 7.44. The highest BCUT2D eigenvalue weighted by Gasteiger charge is 2.14. The monoisotopic (exact) mass is 232 g/mol. The second-order valence-electron chi connectivity index (χ2n) is 5.20. The van der Waals surface area contributed by atoms with Crippen molar-refractivity contribution in [3.63, 3.8) is 0 Å². The van der Waals surface area contributed by atoms with Gasteiger partial charge in [0.25, 0.3) is 0 Å². The van der Waals surface area contributed by atoms with Gasteiger partial charge in [-0.15, -0.1) is 0 Å². The lowest BCUT2D eigenvalue weighted by Gasteiger charge is -2.26. The Hall–Kier alpha value is -1.18. The first kappa shape index (κ1) is 12.3. The fourth-order valence-corrected chi connectivity index (χ4v) is 2.40. The van der Waals surface area contributed by atoms with E-state index in [0.29, 0.717) is 6.04 Å². The molecule has 0 saturated carbocycles. The molecule has 1 aliphatic rings. The molecule has 0 radical (unpaired) electrons. The molecule has 1 aromatic carbocycles. The van der Waals surface area contributed by atoms with E-state index in [-0.39, 0.29) is 0 Å². The fraction of sp³-hybridized carbons (Fsp3) is 0.600. The van der Waals surface area contributed by atoms with E-state index < -0.39 is 0 Å². The Kier molecular flexibility index (Phi) is 3.93. The molecule has 1 aromatic rings. The number of hydrogen-bond acceptors (Lipinski definition) is 2. The third-order valence-corrected chi connectivity index (χ3v) is 3.63. The molecule has 1 heterocycles. The predicted octanol–water partition coefficient (Wildman–Crippen LogP) is 3.67. The van der Waals surface area contributed by atoms with E-state index in [1.54, 1.807) is 0 Å². The lowest BCUT2D eigenvalue weighted by molar-refractivity contribution is 0.680. The highest BCUT2D eigenvalue weighted by Crippen LogP contribution is 2.28. The van der Waals surface area contributed by atoms with Gasteiger partial charge in [-0.25, -0.2) is 0 Å². The second kappa shape index (κ2) is 5.44. The van der Waals surface area contributed by atoms with Gasteiger partial charge in [0, 0.05) is 31.0 Å². The van der Waals surface area contributed by atoms with Gasteiger partial charge < -0.3 is 10.2 Å². The molecule has 0 bridgehead atoms. The number of benzene rings is 1. The SMILES string of the molecule is CCCCN(C)c1ccc2c(c1)CCC(C)N2. The summed E-state index contributed by atoms with van der Waals surface area (Å²) in [5.41, 5.74) is 4.16. The number of anilines is 2. The van der Waals surface area contributed by atoms with Crippen LogP contribution in [0.3, 0.4) is 0 Å². The summed E-state index contributed by atoms with van der Waals surface area (Å²) in [7, 11) is 2.19. The molecule has 17 heavy (non-hydrogen) atoms. The molecule has 94 valence electrons. The van der Waals surface area contributed by atoms with Crippen LogP contribution in [0.15, 0.2) is 18.2 Å². The van der Waals surface area contributed by atoms with Crippen LogP contribution in [0.4, 0.5) is 11.4 Å². The van der Waals surface area contributed by atoms with Crippen molar-refractivity contribution in [1.82, 2.24) is 0 Å². The summed E-state index contributed by atoms with van der Waals surface area (Å²) in [4.78, 5) is 2.36. The number of nitrogens with zero attached hydrogens (tertiary/aromatic N) is 1. The highest BCUT2D eigenvalue weighted by atomic mass is 15.1. The molecule has 0 fully saturated rings. The zero-order valence-corrected chi connectivity index (χ0v) is 11.3. The molecule has 1 unspecified atom stereocenters. The molecule has 1 atom stereocenters. The molecular formula is C15H24N2. The maximum Gasteiger partial charge on any atom is 0.0376 e. The Bertz CT molecular complexity index is 373. The Balaban J connectivity index is 2.10. The van der Waals surface area contributed by atoms with E-state index in [0.717, 1.165) is 6.54 Å². The second-order valence-corrected chi connectivity index (χ2v) is 5.20. The van der Waals surface area contributed by atoms with E-state index in [1.165, 1.54) is 42.6 Å². The molecule has 1 N–H and O–H groups in total. The largest absolute Gasteiger partial charge is 0.382 e. The Morgan fingerprint density at radius 2 is 2.24 bits per heavy atom. The zero-order chi connectivity index (χ0) is 12.3. The first-order valence-electron chi connectivity index (χ1n) is 6.81. The fourth-order valence-electron chi connectivity index (χ4n) is 2.40. The summed E-state index contributed by atoms with van der Waals surface area (Å²) in [5.74, 6) is 0. The van der Waals surface area contributed by atoms with Crippen molar-refractivity contribution >= 4 is 11.4 Å². The zero-order valence-electron chi connectivity index (χ0n) is 11.3. The molecule has 0 spiro atoms. The van der Waals surface area contributed by atoms with Crippen molar-refractivity contribution in [1.29, 1.82) is 0 Å². The number of fused-ring (bicyclic) bond motifs is 1. The lowest BCUT2D eigenvalue weighted by atomic mass is 9.98. The van der Waals surface area contributed by atoms with Crippen LogP contribution in [0.5, 0.6) is 0 Å². The number of nitrogens with one attached hydrogen (secondary N) is 1. The minimum absolute atomic E-state index is 0.617. The van der Waals surface area contributed by atoms with Crippen LogP contribution in [0, 0.1) is 0 Å². The highest BCUT2D eigenvalue weighted by molar-refractivity contribution is 5.62. The summed E-state index contributed by atoms with van der Waals surface area (Å²) < 4.78 is 0. The van der Waals surface area contributed by atoms with Crippen LogP contribution in [0.2, 0.25) is 0 Å². The Morgan fingerprint density at radius 3 is 3.00 bits per heavy atom. The molecule has 0 amide bonds. The van der Waals surface area contributed by atoms with Crippen LogP contribution in [0.25, 0.3) is 0 Å². The van der Waals surface area contributed by atoms with Crippen molar-refractivity contribution in [2.45, 2.75) is 45.6 Å². The third kappa shape index (κ3) is 2.93. The minimum Gasteiger partial charge on any atom is -0.382 e. The standard InChI is InChI=1S/C15H24N2/c1-4-5-10-17(3)14-8-9-15-13(11-14)7-6-12(2)16-15/h8-9,11-12,16H,4-7,10H2,1-3H3. The number of rotatable bonds is 4. The maximum atomic E-state index is 3.55. The summed E-state index contributed by atoms with van der Waals surface area (Å²) in [5, 5.41) is 3.55. The Morgan fingerprint density at radius 1 is 1.41 bits per heavy atom. The average Bonchev–Trinajstić information content (AvgIpc) is 2.35. The first-order valence-corrected chi connectivity index (χ1v) is 6.81. The quantitative estimate of drug-likeness (QED) is 0.852. The van der Waals surface area contributed by atoms with E-state index >= 15 is 0 Å². The van der Waals surface area contributed by atoms with Crippen molar-refractivity contribution in [3.05, 3.63) is 23.8 Å². The van der Waals surface area contributed by atoms with Crippen molar-refractivity contribution in [2.24, 2.45) is 0 Å². The van der Waals surface area contributed by atoms with E-state index in [2.05, 4.69) is 49.3 Å². The van der Waals surface area contributed by atoms with Crippen LogP contribution >= 0.6 is 0 Å². The van der Waals surface area contributed by atoms with Crippen LogP contribution in [0.1, 0.15) is 38.7 Å². The first-order chi connectivity index (χ1) is 8.20. The minimum atomic E-state index is 0.617. The van der Waals surface area contributed by atoms with Gasteiger partial charge in [-0.1, -0.05) is 13.3 Å². The van der Waals surface area contributed by atoms with Crippen LogP contribution < -0.4 is 10.2 Å². The topological polar surface area (TPSA) is 15.3 Å². The van der Waals surface area contributed by atoms with Crippen LogP contribution in [-0.4, -0.2) is 19.6 Å². The van der Waals surface area contributed by atoms with E-state index in [4.69, 9.17) is 0 Å². The van der Waals surface area contributed by atoms with Gasteiger partial charge in [0.2, 0.25) is 0 Å². The molecule has 0 aromatic heterocycles. The Labute approximate surface area is 105 Å². The number of aryl methyl sites for hydroxylation is 1. The van der Waals surface area contributed by atoms with Gasteiger partial charge in [0.05, 0.1) is 0 Å². The lowest BCUT2D eigenvalue weighted by Crippen LogP contribution is -2.23. The molecule has 2 heteroatoms. The van der Waals surface area contributed by atoms with Gasteiger partial charge >= 0.3 is 0 Å². The maximum absolute atomic E-state index is 3.55. The van der Waals surface area contributed by atoms with E-state index in [9.17, 15) is 0 Å². The summed E-state index contributed by atoms with van der Waals surface area (Å²) in [6.07, 6.45) is 4.98. The summed E-state index contributed by atoms with van der Waals surface area (Å²) >= 11 is 0. The van der Waals surface area contributed by atoms with Gasteiger partial charge in [-0.05, 0) is 49.9 Å². The average molecular weight is 232 g/mol. The summed E-state index contributed by atoms with van der Waals surface area (Å²) in [6.45, 7) is 5.65. The van der Waals surface area contributed by atoms with Gasteiger partial charge in [0.1, 0.15) is 0 Å². The van der Waals surface area contributed by atoms with Gasteiger partial charge in [0.15, 0.2) is 0 Å². The molecule has 2 rings (SSSR count). The number of hydrogen-bond donors (Lipinski definition) is 1. The predicted molar refractivity (Wildman–Crippen MR) is 76.0 cm³/mol. The third-order valence-electron chi connectivity index (χ3n) is 3.63. The molecule has 0 aliphatic carbocycles. The van der Waals surface area contributed by atoms with Gasteiger partial charge in [-0.2, -0.15) is 0 Å². The van der Waals surface area contributed by atoms with Gasteiger partial charge in [-0.3, -0.25) is 0 Å². The molecule has 2 nitrogen and oxygen atoms in total. The normalized spacial score (nSPS) is 18.4. The van der Waals surface area contributed by atoms with Crippen molar-refractivity contribution < 1.29 is 0 Å². The van der Waals surface area contributed by atoms with Crippen molar-refractivity contribution in [3.8, 4) is 0 Å².